The summed E-state index contributed by atoms with van der Waals surface area (Å²) in [5.41, 5.74) is 0.496. The number of rotatable bonds is 4. The number of Topliss-reactive ketones (excluding diaryl/α,β-unsaturated/α-hetero) is 1. The Hall–Kier alpha value is -2.32. The second-order valence-corrected chi connectivity index (χ2v) is 10.1. The maximum atomic E-state index is 12.9. The second kappa shape index (κ2) is 6.69. The molecule has 1 unspecified atom stereocenters. The Bertz CT molecular complexity index is 1070. The number of pyridine rings is 1. The molecule has 0 spiro atoms. The number of hydrogen-bond donors (Lipinski definition) is 0. The van der Waals surface area contributed by atoms with Crippen molar-refractivity contribution < 1.29 is 22.2 Å². The highest BCUT2D eigenvalue weighted by Crippen LogP contribution is 2.41. The minimum Gasteiger partial charge on any atom is -0.478 e. The number of carbonyl (C=O) groups is 1. The average molecular weight is 405 g/mol. The molecule has 0 saturated carbocycles. The molecular formula is C19H19NO5S2. The summed E-state index contributed by atoms with van der Waals surface area (Å²) in [5.74, 6) is 0.165. The van der Waals surface area contributed by atoms with Crippen LogP contribution in [0.3, 0.4) is 0 Å². The number of nitrogens with zero attached hydrogens (tertiary/aromatic N) is 1. The van der Waals surface area contributed by atoms with Gasteiger partial charge in [0, 0.05) is 40.0 Å². The summed E-state index contributed by atoms with van der Waals surface area (Å²) in [6.07, 6.45) is 4.05. The first kappa shape index (κ1) is 19.4. The molecule has 1 atom stereocenters. The van der Waals surface area contributed by atoms with Gasteiger partial charge in [-0.25, -0.2) is 13.4 Å². The number of sulfone groups is 1. The van der Waals surface area contributed by atoms with Gasteiger partial charge in [-0.3, -0.25) is 9.00 Å². The van der Waals surface area contributed by atoms with Gasteiger partial charge in [-0.05, 0) is 43.7 Å². The van der Waals surface area contributed by atoms with E-state index in [1.54, 1.807) is 50.4 Å². The quantitative estimate of drug-likeness (QED) is 0.776. The molecule has 2 heterocycles. The molecule has 0 bridgehead atoms. The monoisotopic (exact) mass is 405 g/mol. The fourth-order valence-corrected chi connectivity index (χ4v) is 3.85. The van der Waals surface area contributed by atoms with Crippen LogP contribution in [0, 0.1) is 0 Å². The van der Waals surface area contributed by atoms with Crippen LogP contribution in [0.1, 0.15) is 25.0 Å². The third-order valence-electron chi connectivity index (χ3n) is 4.21. The van der Waals surface area contributed by atoms with Crippen LogP contribution < -0.4 is 0 Å². The van der Waals surface area contributed by atoms with Crippen molar-refractivity contribution in [3.05, 3.63) is 53.7 Å². The van der Waals surface area contributed by atoms with E-state index in [2.05, 4.69) is 4.98 Å². The van der Waals surface area contributed by atoms with Gasteiger partial charge in [0.25, 0.3) is 0 Å². The number of aromatic nitrogens is 1. The number of benzene rings is 1. The lowest BCUT2D eigenvalue weighted by Crippen LogP contribution is -2.29. The Morgan fingerprint density at radius 2 is 1.63 bits per heavy atom. The second-order valence-electron chi connectivity index (χ2n) is 6.78. The average Bonchev–Trinajstić information content (AvgIpc) is 2.84. The van der Waals surface area contributed by atoms with E-state index in [1.165, 1.54) is 12.3 Å². The predicted molar refractivity (Wildman–Crippen MR) is 103 cm³/mol. The summed E-state index contributed by atoms with van der Waals surface area (Å²) in [5, 5.41) is -0.0493. The largest absolute Gasteiger partial charge is 0.478 e. The highest BCUT2D eigenvalue weighted by atomic mass is 32.2. The fourth-order valence-electron chi connectivity index (χ4n) is 2.77. The van der Waals surface area contributed by atoms with E-state index in [9.17, 15) is 17.4 Å². The molecule has 2 aromatic rings. The highest BCUT2D eigenvalue weighted by Gasteiger charge is 2.42. The van der Waals surface area contributed by atoms with Gasteiger partial charge < -0.3 is 4.74 Å². The Labute approximate surface area is 160 Å². The minimum absolute atomic E-state index is 0.0493. The van der Waals surface area contributed by atoms with E-state index in [0.29, 0.717) is 27.4 Å². The van der Waals surface area contributed by atoms with Gasteiger partial charge in [-0.1, -0.05) is 12.1 Å². The molecule has 3 rings (SSSR count). The molecule has 1 aliphatic rings. The van der Waals surface area contributed by atoms with Gasteiger partial charge in [-0.2, -0.15) is 0 Å². The Morgan fingerprint density at radius 1 is 1.04 bits per heavy atom. The molecule has 0 aliphatic carbocycles. The van der Waals surface area contributed by atoms with Crippen LogP contribution in [0.5, 0.6) is 0 Å². The molecule has 8 heteroatoms. The number of ether oxygens (including phenoxy) is 1. The van der Waals surface area contributed by atoms with Crippen molar-refractivity contribution in [3.63, 3.8) is 0 Å². The zero-order chi connectivity index (χ0) is 20.0. The van der Waals surface area contributed by atoms with E-state index >= 15 is 0 Å². The summed E-state index contributed by atoms with van der Waals surface area (Å²) in [4.78, 5) is 17.5. The van der Waals surface area contributed by atoms with E-state index in [0.717, 1.165) is 6.26 Å². The molecule has 6 nitrogen and oxygen atoms in total. The van der Waals surface area contributed by atoms with Crippen LogP contribution in [0.4, 0.5) is 0 Å². The van der Waals surface area contributed by atoms with Crippen LogP contribution in [0.25, 0.3) is 11.3 Å². The van der Waals surface area contributed by atoms with E-state index in [1.807, 2.05) is 0 Å². The third-order valence-corrected chi connectivity index (χ3v) is 6.15. The van der Waals surface area contributed by atoms with Crippen LogP contribution in [0.15, 0.2) is 52.5 Å². The number of hydrogen-bond acceptors (Lipinski definition) is 6. The summed E-state index contributed by atoms with van der Waals surface area (Å²) < 4.78 is 40.7. The van der Waals surface area contributed by atoms with Crippen molar-refractivity contribution in [3.8, 4) is 0 Å². The summed E-state index contributed by atoms with van der Waals surface area (Å²) >= 11 is 0. The Morgan fingerprint density at radius 3 is 2.11 bits per heavy atom. The summed E-state index contributed by atoms with van der Waals surface area (Å²) in [6.45, 7) is 3.35. The van der Waals surface area contributed by atoms with Gasteiger partial charge in [0.2, 0.25) is 5.78 Å². The first-order chi connectivity index (χ1) is 12.5. The molecule has 27 heavy (non-hydrogen) atoms. The van der Waals surface area contributed by atoms with Crippen LogP contribution >= 0.6 is 0 Å². The Kier molecular flexibility index (Phi) is 4.81. The molecule has 1 aliphatic heterocycles. The first-order valence-corrected chi connectivity index (χ1v) is 11.5. The van der Waals surface area contributed by atoms with Gasteiger partial charge in [0.15, 0.2) is 20.5 Å². The summed E-state index contributed by atoms with van der Waals surface area (Å²) in [6, 6.07) is 9.83. The predicted octanol–water partition coefficient (Wildman–Crippen LogP) is 2.47. The molecule has 0 fully saturated rings. The smallest absolute Gasteiger partial charge is 0.210 e. The van der Waals surface area contributed by atoms with Crippen LogP contribution in [0.2, 0.25) is 0 Å². The normalized spacial score (nSPS) is 17.7. The van der Waals surface area contributed by atoms with Crippen molar-refractivity contribution in [1.29, 1.82) is 0 Å². The topological polar surface area (TPSA) is 90.4 Å². The standard InChI is InChI=1S/C19H19NO5S2/c1-19(2)18(21)16(12-5-8-14(9-6-12)26(3)22)17(25-19)13-7-10-15(20-11-13)27(4,23)24/h5-11H,1-4H3. The lowest BCUT2D eigenvalue weighted by atomic mass is 9.93. The zero-order valence-electron chi connectivity index (χ0n) is 15.3. The van der Waals surface area contributed by atoms with Crippen LogP contribution in [-0.4, -0.2) is 41.5 Å². The first-order valence-electron chi connectivity index (χ1n) is 8.09. The van der Waals surface area contributed by atoms with Crippen molar-refractivity contribution in [1.82, 2.24) is 4.98 Å². The maximum absolute atomic E-state index is 12.9. The molecule has 0 N–H and O–H groups in total. The van der Waals surface area contributed by atoms with Crippen molar-refractivity contribution in [2.45, 2.75) is 29.4 Å². The summed E-state index contributed by atoms with van der Waals surface area (Å²) in [7, 11) is -4.54. The zero-order valence-corrected chi connectivity index (χ0v) is 17.0. The lowest BCUT2D eigenvalue weighted by Gasteiger charge is -2.17. The highest BCUT2D eigenvalue weighted by molar-refractivity contribution is 7.90. The van der Waals surface area contributed by atoms with Gasteiger partial charge in [-0.15, -0.1) is 0 Å². The minimum atomic E-state index is -3.42. The SMILES string of the molecule is CS(=O)c1ccc(C2=C(c3ccc(S(C)(=O)=O)nc3)OC(C)(C)C2=O)cc1. The maximum Gasteiger partial charge on any atom is 0.210 e. The lowest BCUT2D eigenvalue weighted by molar-refractivity contribution is -0.125. The van der Waals surface area contributed by atoms with E-state index in [-0.39, 0.29) is 10.8 Å². The van der Waals surface area contributed by atoms with E-state index < -0.39 is 26.2 Å². The molecule has 0 radical (unpaired) electrons. The van der Waals surface area contributed by atoms with Gasteiger partial charge in [0.1, 0.15) is 5.76 Å². The van der Waals surface area contributed by atoms with E-state index in [4.69, 9.17) is 4.74 Å². The third kappa shape index (κ3) is 3.72. The van der Waals surface area contributed by atoms with Crippen molar-refractivity contribution in [2.75, 3.05) is 12.5 Å². The van der Waals surface area contributed by atoms with Gasteiger partial charge >= 0.3 is 0 Å². The molecule has 0 amide bonds. The van der Waals surface area contributed by atoms with Crippen molar-refractivity contribution >= 4 is 37.8 Å². The fraction of sp³-hybridized carbons (Fsp3) is 0.263. The number of ketones is 1. The molecular weight excluding hydrogens is 386 g/mol. The Balaban J connectivity index is 2.13. The van der Waals surface area contributed by atoms with Gasteiger partial charge in [0.05, 0.1) is 5.57 Å². The van der Waals surface area contributed by atoms with Crippen molar-refractivity contribution in [2.24, 2.45) is 0 Å². The van der Waals surface area contributed by atoms with Crippen LogP contribution in [-0.2, 0) is 30.2 Å². The number of carbonyl (C=O) groups excluding carboxylic acids is 1. The molecule has 1 aromatic carbocycles. The molecule has 0 saturated heterocycles. The molecule has 142 valence electrons. The molecule has 1 aromatic heterocycles.